The third kappa shape index (κ3) is 4.45. The summed E-state index contributed by atoms with van der Waals surface area (Å²) in [5.41, 5.74) is 12.6. The standard InChI is InChI=1S/C50H29N5/c51-30-32-23-25-48-42(27-32)40-16-4-8-21-47(40)54(48)43-26-24-34(28-35(43)31-52)33-11-9-12-36(29-33)53-44-18-5-3-15-39(44)41-17-10-22-49(50(41)53)55-45-19-6-1-13-37(45)38-14-2-7-20-46(38)55/h1-29H. The van der Waals surface area contributed by atoms with Gasteiger partial charge in [0.15, 0.2) is 0 Å². The summed E-state index contributed by atoms with van der Waals surface area (Å²) >= 11 is 0. The van der Waals surface area contributed by atoms with Gasteiger partial charge in [0.2, 0.25) is 0 Å². The van der Waals surface area contributed by atoms with Crippen molar-refractivity contribution in [3.8, 4) is 40.3 Å². The number of fused-ring (bicyclic) bond motifs is 9. The zero-order valence-electron chi connectivity index (χ0n) is 29.5. The van der Waals surface area contributed by atoms with Gasteiger partial charge in [0.25, 0.3) is 0 Å². The fourth-order valence-corrected chi connectivity index (χ4v) is 8.76. The molecule has 0 aliphatic carbocycles. The van der Waals surface area contributed by atoms with Crippen molar-refractivity contribution >= 4 is 65.4 Å². The number of para-hydroxylation sites is 5. The van der Waals surface area contributed by atoms with E-state index in [0.29, 0.717) is 11.1 Å². The van der Waals surface area contributed by atoms with Gasteiger partial charge in [-0.25, -0.2) is 0 Å². The molecule has 0 bridgehead atoms. The van der Waals surface area contributed by atoms with Crippen molar-refractivity contribution in [3.05, 3.63) is 187 Å². The molecule has 11 aromatic rings. The van der Waals surface area contributed by atoms with E-state index in [9.17, 15) is 10.5 Å². The predicted octanol–water partition coefficient (Wildman–Crippen LogP) is 12.4. The van der Waals surface area contributed by atoms with Crippen molar-refractivity contribution in [3.63, 3.8) is 0 Å². The van der Waals surface area contributed by atoms with Crippen LogP contribution in [0.2, 0.25) is 0 Å². The molecule has 0 aliphatic heterocycles. The molecule has 3 aromatic heterocycles. The normalized spacial score (nSPS) is 11.6. The minimum absolute atomic E-state index is 0.570. The molecule has 8 aromatic carbocycles. The van der Waals surface area contributed by atoms with E-state index in [-0.39, 0.29) is 0 Å². The maximum absolute atomic E-state index is 10.6. The Morgan fingerprint density at radius 1 is 0.345 bits per heavy atom. The van der Waals surface area contributed by atoms with Gasteiger partial charge in [-0.05, 0) is 83.9 Å². The number of nitrogens with zero attached hydrogens (tertiary/aromatic N) is 5. The average molecular weight is 700 g/mol. The third-order valence-electron chi connectivity index (χ3n) is 11.1. The maximum atomic E-state index is 10.6. The van der Waals surface area contributed by atoms with Crippen LogP contribution >= 0.6 is 0 Å². The highest BCUT2D eigenvalue weighted by Gasteiger charge is 2.21. The second-order valence-corrected chi connectivity index (χ2v) is 14.0. The van der Waals surface area contributed by atoms with Gasteiger partial charge >= 0.3 is 0 Å². The van der Waals surface area contributed by atoms with Crippen molar-refractivity contribution in [2.75, 3.05) is 0 Å². The quantitative estimate of drug-likeness (QED) is 0.184. The van der Waals surface area contributed by atoms with Crippen LogP contribution in [0.15, 0.2) is 176 Å². The summed E-state index contributed by atoms with van der Waals surface area (Å²) in [5, 5.41) is 27.1. The van der Waals surface area contributed by atoms with Crippen LogP contribution in [0.1, 0.15) is 11.1 Å². The van der Waals surface area contributed by atoms with Crippen LogP contribution in [0, 0.1) is 22.7 Å². The van der Waals surface area contributed by atoms with Crippen LogP contribution in [-0.4, -0.2) is 13.7 Å². The molecule has 0 radical (unpaired) electrons. The van der Waals surface area contributed by atoms with E-state index in [1.165, 1.54) is 32.6 Å². The Morgan fingerprint density at radius 3 is 1.53 bits per heavy atom. The summed E-state index contributed by atoms with van der Waals surface area (Å²) in [6.07, 6.45) is 0. The molecule has 0 saturated carbocycles. The van der Waals surface area contributed by atoms with Gasteiger partial charge in [-0.2, -0.15) is 10.5 Å². The van der Waals surface area contributed by atoms with Crippen molar-refractivity contribution in [2.45, 2.75) is 0 Å². The second-order valence-electron chi connectivity index (χ2n) is 14.0. The SMILES string of the molecule is N#Cc1ccc2c(c1)c1ccccc1n2-c1ccc(-c2cccc(-n3c4ccccc4c4cccc(-n5c6ccccc6c6ccccc65)c43)c2)cc1C#N. The highest BCUT2D eigenvalue weighted by molar-refractivity contribution is 6.15. The summed E-state index contributed by atoms with van der Waals surface area (Å²) in [6.45, 7) is 0. The monoisotopic (exact) mass is 699 g/mol. The molecule has 5 nitrogen and oxygen atoms in total. The number of rotatable bonds is 4. The van der Waals surface area contributed by atoms with E-state index in [4.69, 9.17) is 0 Å². The molecule has 0 N–H and O–H groups in total. The van der Waals surface area contributed by atoms with Gasteiger partial charge in [0, 0.05) is 38.0 Å². The van der Waals surface area contributed by atoms with Gasteiger partial charge in [-0.1, -0.05) is 103 Å². The molecule has 0 atom stereocenters. The van der Waals surface area contributed by atoms with E-state index in [0.717, 1.165) is 61.0 Å². The molecule has 254 valence electrons. The van der Waals surface area contributed by atoms with Crippen LogP contribution in [-0.2, 0) is 0 Å². The lowest BCUT2D eigenvalue weighted by molar-refractivity contribution is 1.13. The van der Waals surface area contributed by atoms with E-state index < -0.39 is 0 Å². The Balaban J connectivity index is 1.12. The lowest BCUT2D eigenvalue weighted by Gasteiger charge is -2.15. The minimum Gasteiger partial charge on any atom is -0.308 e. The fraction of sp³-hybridized carbons (Fsp3) is 0. The van der Waals surface area contributed by atoms with E-state index >= 15 is 0 Å². The number of hydrogen-bond acceptors (Lipinski definition) is 2. The Bertz CT molecular complexity index is 3420. The zero-order valence-corrected chi connectivity index (χ0v) is 29.5. The predicted molar refractivity (Wildman–Crippen MR) is 224 cm³/mol. The highest BCUT2D eigenvalue weighted by Crippen LogP contribution is 2.40. The first-order valence-corrected chi connectivity index (χ1v) is 18.3. The van der Waals surface area contributed by atoms with Crippen LogP contribution < -0.4 is 0 Å². The van der Waals surface area contributed by atoms with Crippen molar-refractivity contribution in [1.29, 1.82) is 10.5 Å². The molecule has 5 heteroatoms. The van der Waals surface area contributed by atoms with Crippen LogP contribution in [0.25, 0.3) is 93.6 Å². The fourth-order valence-electron chi connectivity index (χ4n) is 8.76. The number of nitriles is 2. The first-order chi connectivity index (χ1) is 27.2. The highest BCUT2D eigenvalue weighted by atomic mass is 15.1. The van der Waals surface area contributed by atoms with Gasteiger partial charge in [0.05, 0.1) is 61.7 Å². The third-order valence-corrected chi connectivity index (χ3v) is 11.1. The molecule has 0 spiro atoms. The van der Waals surface area contributed by atoms with Gasteiger partial charge in [-0.3, -0.25) is 0 Å². The molecule has 55 heavy (non-hydrogen) atoms. The lowest BCUT2D eigenvalue weighted by Crippen LogP contribution is -2.01. The molecule has 0 unspecified atom stereocenters. The topological polar surface area (TPSA) is 62.4 Å². The summed E-state index contributed by atoms with van der Waals surface area (Å²) in [6, 6.07) is 66.0. The Morgan fingerprint density at radius 2 is 0.873 bits per heavy atom. The minimum atomic E-state index is 0.570. The molecular formula is C50H29N5. The molecule has 11 rings (SSSR count). The lowest BCUT2D eigenvalue weighted by atomic mass is 10.0. The van der Waals surface area contributed by atoms with Crippen LogP contribution in [0.5, 0.6) is 0 Å². The van der Waals surface area contributed by atoms with E-state index in [1.807, 2.05) is 42.5 Å². The largest absolute Gasteiger partial charge is 0.308 e. The van der Waals surface area contributed by atoms with Crippen LogP contribution in [0.4, 0.5) is 0 Å². The molecule has 0 amide bonds. The first kappa shape index (κ1) is 30.7. The number of hydrogen-bond donors (Lipinski definition) is 0. The molecular weight excluding hydrogens is 671 g/mol. The summed E-state index contributed by atoms with van der Waals surface area (Å²) in [5.74, 6) is 0. The summed E-state index contributed by atoms with van der Waals surface area (Å²) in [4.78, 5) is 0. The summed E-state index contributed by atoms with van der Waals surface area (Å²) in [7, 11) is 0. The van der Waals surface area contributed by atoms with Gasteiger partial charge in [0.1, 0.15) is 6.07 Å². The molecule has 3 heterocycles. The first-order valence-electron chi connectivity index (χ1n) is 18.3. The van der Waals surface area contributed by atoms with Crippen molar-refractivity contribution < 1.29 is 0 Å². The summed E-state index contributed by atoms with van der Waals surface area (Å²) < 4.78 is 6.93. The molecule has 0 fully saturated rings. The Kier molecular flexibility index (Phi) is 6.61. The zero-order chi connectivity index (χ0) is 36.6. The molecule has 0 saturated heterocycles. The second kappa shape index (κ2) is 11.8. The van der Waals surface area contributed by atoms with Gasteiger partial charge in [-0.15, -0.1) is 0 Å². The van der Waals surface area contributed by atoms with Crippen molar-refractivity contribution in [2.24, 2.45) is 0 Å². The Labute approximate surface area is 316 Å². The number of benzene rings is 8. The number of aromatic nitrogens is 3. The van der Waals surface area contributed by atoms with Crippen LogP contribution in [0.3, 0.4) is 0 Å². The maximum Gasteiger partial charge on any atom is 0.101 e. The van der Waals surface area contributed by atoms with Crippen molar-refractivity contribution in [1.82, 2.24) is 13.7 Å². The van der Waals surface area contributed by atoms with E-state index in [1.54, 1.807) is 0 Å². The van der Waals surface area contributed by atoms with E-state index in [2.05, 4.69) is 159 Å². The van der Waals surface area contributed by atoms with Gasteiger partial charge < -0.3 is 13.7 Å². The smallest absolute Gasteiger partial charge is 0.101 e. The Hall–Kier alpha value is -7.86. The average Bonchev–Trinajstić information content (AvgIpc) is 3.89. The molecule has 0 aliphatic rings.